The Kier molecular flexibility index (Phi) is 6.69. The summed E-state index contributed by atoms with van der Waals surface area (Å²) in [5.74, 6) is 0.279. The van der Waals surface area contributed by atoms with Crippen LogP contribution in [0.5, 0.6) is 0 Å². The molecule has 0 aliphatic carbocycles. The molecule has 3 nitrogen and oxygen atoms in total. The number of hydrogen-bond acceptors (Lipinski definition) is 2. The molecule has 0 aromatic carbocycles. The normalized spacial score (nSPS) is 18.9. The average molecular weight is 255 g/mol. The largest absolute Gasteiger partial charge is 0.390 e. The van der Waals surface area contributed by atoms with Gasteiger partial charge in [-0.1, -0.05) is 39.0 Å². The smallest absolute Gasteiger partial charge is 0.222 e. The van der Waals surface area contributed by atoms with E-state index in [-0.39, 0.29) is 5.91 Å². The number of rotatable bonds is 7. The van der Waals surface area contributed by atoms with Gasteiger partial charge in [0, 0.05) is 19.5 Å². The predicted octanol–water partition coefficient (Wildman–Crippen LogP) is 3.11. The van der Waals surface area contributed by atoms with Crippen LogP contribution in [0.1, 0.15) is 71.6 Å². The topological polar surface area (TPSA) is 40.5 Å². The first-order valence-corrected chi connectivity index (χ1v) is 7.55. The van der Waals surface area contributed by atoms with Crippen LogP contribution in [-0.2, 0) is 4.79 Å². The number of aliphatic hydroxyl groups is 1. The van der Waals surface area contributed by atoms with E-state index < -0.39 is 5.60 Å². The van der Waals surface area contributed by atoms with Crippen LogP contribution in [0.3, 0.4) is 0 Å². The van der Waals surface area contributed by atoms with Crippen LogP contribution in [-0.4, -0.2) is 34.6 Å². The van der Waals surface area contributed by atoms with Crippen molar-refractivity contribution in [3.63, 3.8) is 0 Å². The maximum Gasteiger partial charge on any atom is 0.222 e. The van der Waals surface area contributed by atoms with E-state index in [4.69, 9.17) is 0 Å². The maximum atomic E-state index is 11.9. The van der Waals surface area contributed by atoms with Crippen molar-refractivity contribution in [2.75, 3.05) is 13.1 Å². The molecule has 1 rings (SSSR count). The lowest BCUT2D eigenvalue weighted by molar-refractivity contribution is -0.135. The van der Waals surface area contributed by atoms with Crippen LogP contribution < -0.4 is 0 Å². The van der Waals surface area contributed by atoms with Gasteiger partial charge in [0.05, 0.1) is 5.60 Å². The lowest BCUT2D eigenvalue weighted by Gasteiger charge is -2.35. The molecule has 3 heteroatoms. The number of hydrogen-bond donors (Lipinski definition) is 1. The number of nitrogens with zero attached hydrogens (tertiary/aromatic N) is 1. The Balaban J connectivity index is 2.07. The Morgan fingerprint density at radius 1 is 1.11 bits per heavy atom. The molecule has 1 aliphatic rings. The van der Waals surface area contributed by atoms with Gasteiger partial charge in [0.15, 0.2) is 0 Å². The van der Waals surface area contributed by atoms with Crippen LogP contribution in [0.4, 0.5) is 0 Å². The highest BCUT2D eigenvalue weighted by Gasteiger charge is 2.29. The molecule has 0 bridgehead atoms. The fraction of sp³-hybridized carbons (Fsp3) is 0.933. The average Bonchev–Trinajstić information content (AvgIpc) is 2.33. The second-order valence-electron chi connectivity index (χ2n) is 5.90. The third-order valence-corrected chi connectivity index (χ3v) is 3.94. The number of piperidine rings is 1. The van der Waals surface area contributed by atoms with Crippen molar-refractivity contribution in [3.05, 3.63) is 0 Å². The van der Waals surface area contributed by atoms with Gasteiger partial charge in [-0.2, -0.15) is 0 Å². The predicted molar refractivity (Wildman–Crippen MR) is 74.4 cm³/mol. The Hall–Kier alpha value is -0.570. The van der Waals surface area contributed by atoms with Gasteiger partial charge in [-0.15, -0.1) is 0 Å². The van der Waals surface area contributed by atoms with Gasteiger partial charge in [-0.3, -0.25) is 4.79 Å². The third-order valence-electron chi connectivity index (χ3n) is 3.94. The Labute approximate surface area is 112 Å². The Morgan fingerprint density at radius 2 is 1.67 bits per heavy atom. The van der Waals surface area contributed by atoms with Crippen LogP contribution in [0.2, 0.25) is 0 Å². The van der Waals surface area contributed by atoms with Crippen molar-refractivity contribution in [1.29, 1.82) is 0 Å². The van der Waals surface area contributed by atoms with Crippen molar-refractivity contribution in [3.8, 4) is 0 Å². The molecule has 0 saturated carbocycles. The molecule has 1 aliphatic heterocycles. The summed E-state index contributed by atoms with van der Waals surface area (Å²) in [6.45, 7) is 5.53. The summed E-state index contributed by atoms with van der Waals surface area (Å²) in [4.78, 5) is 13.9. The highest BCUT2D eigenvalue weighted by atomic mass is 16.3. The van der Waals surface area contributed by atoms with Crippen LogP contribution in [0, 0.1) is 0 Å². The maximum absolute atomic E-state index is 11.9. The van der Waals surface area contributed by atoms with Crippen LogP contribution in [0.15, 0.2) is 0 Å². The Bertz CT molecular complexity index is 241. The zero-order valence-corrected chi connectivity index (χ0v) is 12.1. The van der Waals surface area contributed by atoms with Crippen molar-refractivity contribution in [2.45, 2.75) is 77.2 Å². The minimum atomic E-state index is -0.559. The van der Waals surface area contributed by atoms with Gasteiger partial charge in [-0.25, -0.2) is 0 Å². The van der Waals surface area contributed by atoms with Gasteiger partial charge < -0.3 is 10.0 Å². The van der Waals surface area contributed by atoms with Crippen molar-refractivity contribution in [2.24, 2.45) is 0 Å². The van der Waals surface area contributed by atoms with E-state index in [1.807, 2.05) is 11.8 Å². The number of amides is 1. The van der Waals surface area contributed by atoms with Crippen molar-refractivity contribution >= 4 is 5.91 Å². The van der Waals surface area contributed by atoms with E-state index in [1.54, 1.807) is 0 Å². The molecule has 1 amide bonds. The molecule has 0 aromatic heterocycles. The zero-order valence-electron chi connectivity index (χ0n) is 12.1. The molecule has 1 N–H and O–H groups in total. The van der Waals surface area contributed by atoms with Gasteiger partial charge >= 0.3 is 0 Å². The number of unbranched alkanes of at least 4 members (excludes halogenated alkanes) is 5. The minimum absolute atomic E-state index is 0.279. The summed E-state index contributed by atoms with van der Waals surface area (Å²) in [5.41, 5.74) is -0.559. The molecule has 0 spiro atoms. The van der Waals surface area contributed by atoms with Gasteiger partial charge in [-0.05, 0) is 26.2 Å². The first-order chi connectivity index (χ1) is 8.55. The Morgan fingerprint density at radius 3 is 2.28 bits per heavy atom. The van der Waals surface area contributed by atoms with E-state index in [2.05, 4.69) is 6.92 Å². The molecule has 1 heterocycles. The van der Waals surface area contributed by atoms with Gasteiger partial charge in [0.1, 0.15) is 0 Å². The molecule has 106 valence electrons. The first kappa shape index (κ1) is 15.5. The summed E-state index contributed by atoms with van der Waals surface area (Å²) < 4.78 is 0. The molecule has 1 saturated heterocycles. The van der Waals surface area contributed by atoms with E-state index in [0.717, 1.165) is 32.4 Å². The van der Waals surface area contributed by atoms with Gasteiger partial charge in [0.25, 0.3) is 0 Å². The number of carbonyl (C=O) groups excluding carboxylic acids is 1. The second-order valence-corrected chi connectivity index (χ2v) is 5.90. The standard InChI is InChI=1S/C15H29NO2/c1-3-4-5-6-7-8-9-14(17)16-12-10-15(2,18)11-13-16/h18H,3-13H2,1-2H3. The third kappa shape index (κ3) is 5.85. The number of likely N-dealkylation sites (tertiary alicyclic amines) is 1. The van der Waals surface area contributed by atoms with Crippen molar-refractivity contribution in [1.82, 2.24) is 4.90 Å². The SMILES string of the molecule is CCCCCCCCC(=O)N1CCC(C)(O)CC1. The summed E-state index contributed by atoms with van der Waals surface area (Å²) in [6, 6.07) is 0. The lowest BCUT2D eigenvalue weighted by atomic mass is 9.93. The molecular formula is C15H29NO2. The summed E-state index contributed by atoms with van der Waals surface area (Å²) >= 11 is 0. The van der Waals surface area contributed by atoms with Gasteiger partial charge in [0.2, 0.25) is 5.91 Å². The zero-order chi connectivity index (χ0) is 13.4. The van der Waals surface area contributed by atoms with Crippen LogP contribution in [0.25, 0.3) is 0 Å². The first-order valence-electron chi connectivity index (χ1n) is 7.55. The number of carbonyl (C=O) groups is 1. The molecule has 0 radical (unpaired) electrons. The van der Waals surface area contributed by atoms with E-state index in [1.165, 1.54) is 32.1 Å². The summed E-state index contributed by atoms with van der Waals surface area (Å²) in [7, 11) is 0. The fourth-order valence-corrected chi connectivity index (χ4v) is 2.45. The lowest BCUT2D eigenvalue weighted by Crippen LogP contribution is -2.45. The summed E-state index contributed by atoms with van der Waals surface area (Å²) in [6.07, 6.45) is 9.47. The highest BCUT2D eigenvalue weighted by molar-refractivity contribution is 5.76. The second kappa shape index (κ2) is 7.78. The van der Waals surface area contributed by atoms with E-state index in [9.17, 15) is 9.90 Å². The highest BCUT2D eigenvalue weighted by Crippen LogP contribution is 2.21. The van der Waals surface area contributed by atoms with E-state index in [0.29, 0.717) is 6.42 Å². The van der Waals surface area contributed by atoms with E-state index >= 15 is 0 Å². The quantitative estimate of drug-likeness (QED) is 0.710. The minimum Gasteiger partial charge on any atom is -0.390 e. The molecule has 18 heavy (non-hydrogen) atoms. The van der Waals surface area contributed by atoms with Crippen LogP contribution >= 0.6 is 0 Å². The molecule has 0 unspecified atom stereocenters. The summed E-state index contributed by atoms with van der Waals surface area (Å²) in [5, 5.41) is 9.83. The molecule has 0 aromatic rings. The molecule has 1 fully saturated rings. The molecule has 0 atom stereocenters. The molecular weight excluding hydrogens is 226 g/mol. The monoisotopic (exact) mass is 255 g/mol. The van der Waals surface area contributed by atoms with Crippen molar-refractivity contribution < 1.29 is 9.90 Å². The fourth-order valence-electron chi connectivity index (χ4n) is 2.45.